The summed E-state index contributed by atoms with van der Waals surface area (Å²) in [7, 11) is 3.52. The highest BCUT2D eigenvalue weighted by molar-refractivity contribution is 5.88. The fourth-order valence-electron chi connectivity index (χ4n) is 5.95. The minimum Gasteiger partial charge on any atom is -0.366 e. The van der Waals surface area contributed by atoms with Crippen molar-refractivity contribution in [1.29, 1.82) is 0 Å². The molecule has 0 saturated carbocycles. The maximum Gasteiger partial charge on any atom is 0.192 e. The van der Waals surface area contributed by atoms with Crippen molar-refractivity contribution in [3.05, 3.63) is 95.8 Å². The van der Waals surface area contributed by atoms with E-state index < -0.39 is 6.23 Å². The van der Waals surface area contributed by atoms with Gasteiger partial charge in [-0.1, -0.05) is 24.3 Å². The van der Waals surface area contributed by atoms with Crippen LogP contribution >= 0.6 is 0 Å². The molecule has 14 heteroatoms. The summed E-state index contributed by atoms with van der Waals surface area (Å²) in [6, 6.07) is 22.5. The van der Waals surface area contributed by atoms with E-state index in [4.69, 9.17) is 19.9 Å². The number of aliphatic hydroxyl groups excluding tert-OH is 1. The monoisotopic (exact) mass is 636 g/mol. The number of imidazole rings is 2. The van der Waals surface area contributed by atoms with E-state index in [9.17, 15) is 9.90 Å². The van der Waals surface area contributed by atoms with Crippen LogP contribution in [-0.2, 0) is 14.1 Å². The van der Waals surface area contributed by atoms with Gasteiger partial charge in [-0.05, 0) is 62.4 Å². The second-order valence-electron chi connectivity index (χ2n) is 11.5. The molecule has 1 unspecified atom stereocenters. The van der Waals surface area contributed by atoms with E-state index in [0.29, 0.717) is 62.6 Å². The fourth-order valence-corrected chi connectivity index (χ4v) is 5.95. The van der Waals surface area contributed by atoms with E-state index in [0.717, 1.165) is 22.5 Å². The molecule has 6 heterocycles. The number of aliphatic hydroxyl groups is 1. The zero-order chi connectivity index (χ0) is 33.1. The molecule has 0 aliphatic carbocycles. The Bertz CT molecular complexity index is 2520. The van der Waals surface area contributed by atoms with Gasteiger partial charge in [-0.3, -0.25) is 19.3 Å². The van der Waals surface area contributed by atoms with Crippen molar-refractivity contribution in [2.45, 2.75) is 20.1 Å². The number of benzene rings is 2. The topological polar surface area (TPSA) is 171 Å². The zero-order valence-corrected chi connectivity index (χ0v) is 26.4. The lowest BCUT2D eigenvalue weighted by atomic mass is 10.1. The molecule has 2 aromatic carbocycles. The van der Waals surface area contributed by atoms with E-state index in [1.807, 2.05) is 86.6 Å². The average Bonchev–Trinajstić information content (AvgIpc) is 3.86. The van der Waals surface area contributed by atoms with Crippen molar-refractivity contribution in [1.82, 2.24) is 59.5 Å². The van der Waals surface area contributed by atoms with E-state index >= 15 is 0 Å². The number of fused-ring (bicyclic) bond motifs is 2. The Morgan fingerprint density at radius 3 is 1.85 bits per heavy atom. The van der Waals surface area contributed by atoms with Gasteiger partial charge in [0.2, 0.25) is 0 Å². The first kappa shape index (κ1) is 29.0. The number of aldehydes is 1. The Morgan fingerprint density at radius 1 is 0.688 bits per heavy atom. The predicted molar refractivity (Wildman–Crippen MR) is 178 cm³/mol. The lowest BCUT2D eigenvalue weighted by Crippen LogP contribution is -2.16. The molecule has 0 fully saturated rings. The van der Waals surface area contributed by atoms with Crippen molar-refractivity contribution < 1.29 is 9.90 Å². The van der Waals surface area contributed by atoms with E-state index in [1.165, 1.54) is 14.2 Å². The number of hydrogen-bond acceptors (Lipinski definition) is 10. The van der Waals surface area contributed by atoms with Crippen LogP contribution in [0, 0.1) is 13.8 Å². The molecule has 2 N–H and O–H groups in total. The summed E-state index contributed by atoms with van der Waals surface area (Å²) in [6.45, 7) is 3.78. The lowest BCUT2D eigenvalue weighted by molar-refractivity contribution is 0.106. The van der Waals surface area contributed by atoms with E-state index in [2.05, 4.69) is 25.4 Å². The quantitative estimate of drug-likeness (QED) is 0.236. The summed E-state index contributed by atoms with van der Waals surface area (Å²) in [5.74, 6) is 0.164. The fraction of sp³-hybridized carbons (Fsp3) is 0.147. The molecule has 8 rings (SSSR count). The lowest BCUT2D eigenvalue weighted by Gasteiger charge is -2.16. The van der Waals surface area contributed by atoms with E-state index in [1.54, 1.807) is 14.1 Å². The molecule has 0 spiro atoms. The number of aryl methyl sites for hydroxylation is 4. The van der Waals surface area contributed by atoms with Gasteiger partial charge >= 0.3 is 0 Å². The number of carbonyl (C=O) groups excluding carboxylic acids is 1. The van der Waals surface area contributed by atoms with Crippen molar-refractivity contribution in [3.8, 4) is 45.3 Å². The third kappa shape index (κ3) is 4.91. The molecular formula is C34H28N12O2. The second kappa shape index (κ2) is 11.1. The van der Waals surface area contributed by atoms with Crippen LogP contribution in [0.2, 0.25) is 0 Å². The van der Waals surface area contributed by atoms with Crippen LogP contribution in [0.15, 0.2) is 72.8 Å². The van der Waals surface area contributed by atoms with Gasteiger partial charge < -0.3 is 10.1 Å². The summed E-state index contributed by atoms with van der Waals surface area (Å²) in [4.78, 5) is 38.1. The first-order valence-corrected chi connectivity index (χ1v) is 15.1. The van der Waals surface area contributed by atoms with Crippen LogP contribution in [0.3, 0.4) is 0 Å². The molecule has 0 aliphatic heterocycles. The van der Waals surface area contributed by atoms with Gasteiger partial charge in [0.05, 0.1) is 34.2 Å². The Labute approximate surface area is 272 Å². The van der Waals surface area contributed by atoms with Crippen LogP contribution in [0.4, 0.5) is 0 Å². The summed E-state index contributed by atoms with van der Waals surface area (Å²) >= 11 is 0. The highest BCUT2D eigenvalue weighted by Gasteiger charge is 2.29. The minimum absolute atomic E-state index is 0.00999. The summed E-state index contributed by atoms with van der Waals surface area (Å²) in [5, 5.41) is 29.9. The predicted octanol–water partition coefficient (Wildman–Crippen LogP) is 4.60. The molecular weight excluding hydrogens is 608 g/mol. The number of carbonyl (C=O) groups is 1. The maximum atomic E-state index is 12.7. The van der Waals surface area contributed by atoms with Crippen LogP contribution < -0.4 is 0 Å². The highest BCUT2D eigenvalue weighted by Crippen LogP contribution is 2.38. The Balaban J connectivity index is 1.34. The minimum atomic E-state index is -1.47. The Hall–Kier alpha value is -6.41. The second-order valence-corrected chi connectivity index (χ2v) is 11.5. The highest BCUT2D eigenvalue weighted by atomic mass is 16.3. The molecule has 0 amide bonds. The van der Waals surface area contributed by atoms with Crippen LogP contribution in [0.25, 0.3) is 67.4 Å². The van der Waals surface area contributed by atoms with Gasteiger partial charge in [0.25, 0.3) is 0 Å². The van der Waals surface area contributed by atoms with Crippen molar-refractivity contribution >= 4 is 28.4 Å². The number of nitrogens with one attached hydrogen (secondary N) is 1. The van der Waals surface area contributed by atoms with Crippen molar-refractivity contribution in [3.63, 3.8) is 0 Å². The standard InChI is InChI=1S/C34H28N12O2/c1-18-7-5-9-24(35-18)31-29(20-11-13-22-26(15-20)42-44(3)40-22)38-33(39-31)34(48)46-28(17-47)37-30(32(46)25-10-6-8-19(2)36-25)21-12-14-23-27(16-21)43-45(4)41-23/h5-17,34,48H,1-4H3,(H,38,39). The number of aromatic amines is 1. The van der Waals surface area contributed by atoms with Crippen LogP contribution in [0.1, 0.15) is 34.1 Å². The maximum absolute atomic E-state index is 12.7. The number of pyridine rings is 2. The van der Waals surface area contributed by atoms with Crippen molar-refractivity contribution in [2.24, 2.45) is 14.1 Å². The Kier molecular flexibility index (Phi) is 6.73. The summed E-state index contributed by atoms with van der Waals surface area (Å²) in [5.41, 5.74) is 8.97. The van der Waals surface area contributed by atoms with Gasteiger partial charge in [0.1, 0.15) is 22.1 Å². The van der Waals surface area contributed by atoms with Crippen LogP contribution in [0.5, 0.6) is 0 Å². The molecule has 236 valence electrons. The first-order valence-electron chi connectivity index (χ1n) is 15.1. The molecule has 0 saturated heterocycles. The van der Waals surface area contributed by atoms with Gasteiger partial charge in [0.15, 0.2) is 24.2 Å². The summed E-state index contributed by atoms with van der Waals surface area (Å²) < 4.78 is 1.45. The normalized spacial score (nSPS) is 12.3. The molecule has 1 atom stereocenters. The molecule has 0 radical (unpaired) electrons. The largest absolute Gasteiger partial charge is 0.366 e. The van der Waals surface area contributed by atoms with Crippen molar-refractivity contribution in [2.75, 3.05) is 0 Å². The SMILES string of the molecule is Cc1cccc(-c2[nH]c(C(O)n3c(C=O)nc(-c4ccc5nn(C)nc5c4)c3-c3cccc(C)n3)nc2-c2ccc3nn(C)nc3c2)n1. The molecule has 0 bridgehead atoms. The number of rotatable bonds is 7. The number of nitrogens with zero attached hydrogens (tertiary/aromatic N) is 11. The molecule has 48 heavy (non-hydrogen) atoms. The molecule has 0 aliphatic rings. The first-order chi connectivity index (χ1) is 23.2. The molecule has 14 nitrogen and oxygen atoms in total. The zero-order valence-electron chi connectivity index (χ0n) is 26.4. The van der Waals surface area contributed by atoms with Crippen LogP contribution in [-0.4, -0.2) is 70.9 Å². The number of hydrogen-bond donors (Lipinski definition) is 2. The van der Waals surface area contributed by atoms with Gasteiger partial charge in [-0.15, -0.1) is 0 Å². The third-order valence-electron chi connectivity index (χ3n) is 8.04. The molecule has 6 aromatic heterocycles. The number of H-pyrrole nitrogens is 1. The van der Waals surface area contributed by atoms with Gasteiger partial charge in [0, 0.05) is 36.6 Å². The third-order valence-corrected chi connectivity index (χ3v) is 8.04. The molecule has 8 aromatic rings. The smallest absolute Gasteiger partial charge is 0.192 e. The summed E-state index contributed by atoms with van der Waals surface area (Å²) in [6.07, 6.45) is -0.858. The van der Waals surface area contributed by atoms with E-state index in [-0.39, 0.29) is 11.6 Å². The Morgan fingerprint density at radius 2 is 1.25 bits per heavy atom. The van der Waals surface area contributed by atoms with Gasteiger partial charge in [-0.2, -0.15) is 30.0 Å². The van der Waals surface area contributed by atoms with Gasteiger partial charge in [-0.25, -0.2) is 9.97 Å². The number of aromatic nitrogens is 12. The average molecular weight is 637 g/mol.